The molecule has 0 aliphatic heterocycles. The van der Waals surface area contributed by atoms with E-state index in [-0.39, 0.29) is 11.4 Å². The number of aliphatic hydroxyl groups excluding tert-OH is 2. The normalized spacial score (nSPS) is 11.1. The van der Waals surface area contributed by atoms with E-state index in [0.29, 0.717) is 0 Å². The van der Waals surface area contributed by atoms with Gasteiger partial charge in [-0.3, -0.25) is 9.59 Å². The molecule has 0 unspecified atom stereocenters. The third-order valence-corrected chi connectivity index (χ3v) is 2.25. The van der Waals surface area contributed by atoms with Gasteiger partial charge in [0.1, 0.15) is 11.4 Å². The molecule has 8 heteroatoms. The molecular weight excluding hydrogens is 240 g/mol. The van der Waals surface area contributed by atoms with E-state index in [2.05, 4.69) is 15.3 Å². The first-order chi connectivity index (χ1) is 8.41. The summed E-state index contributed by atoms with van der Waals surface area (Å²) in [7, 11) is 0. The Morgan fingerprint density at radius 1 is 1.28 bits per heavy atom. The van der Waals surface area contributed by atoms with Gasteiger partial charge in [0, 0.05) is 0 Å². The number of aliphatic hydroxyl groups is 2. The second-order valence-corrected chi connectivity index (χ2v) is 3.98. The zero-order chi connectivity index (χ0) is 13.8. The number of carbonyl (C=O) groups excluding carboxylic acids is 2. The van der Waals surface area contributed by atoms with Crippen molar-refractivity contribution in [3.63, 3.8) is 0 Å². The molecular formula is C10H14N4O4. The molecule has 98 valence electrons. The van der Waals surface area contributed by atoms with Gasteiger partial charge in [0.05, 0.1) is 31.1 Å². The van der Waals surface area contributed by atoms with Crippen molar-refractivity contribution in [3.8, 4) is 0 Å². The monoisotopic (exact) mass is 254 g/mol. The molecule has 0 atom stereocenters. The molecule has 18 heavy (non-hydrogen) atoms. The Labute approximate surface area is 103 Å². The van der Waals surface area contributed by atoms with Crippen molar-refractivity contribution >= 4 is 11.8 Å². The van der Waals surface area contributed by atoms with E-state index in [1.54, 1.807) is 0 Å². The van der Waals surface area contributed by atoms with Crippen molar-refractivity contribution in [2.24, 2.45) is 5.73 Å². The second kappa shape index (κ2) is 5.52. The van der Waals surface area contributed by atoms with Crippen molar-refractivity contribution in [3.05, 3.63) is 23.8 Å². The lowest BCUT2D eigenvalue weighted by molar-refractivity contribution is 0.0718. The lowest BCUT2D eigenvalue weighted by Gasteiger charge is -2.25. The van der Waals surface area contributed by atoms with Crippen LogP contribution in [0.25, 0.3) is 0 Å². The van der Waals surface area contributed by atoms with Gasteiger partial charge < -0.3 is 21.3 Å². The first-order valence-corrected chi connectivity index (χ1v) is 5.08. The molecule has 0 aliphatic carbocycles. The maximum atomic E-state index is 11.7. The molecule has 1 heterocycles. The smallest absolute Gasteiger partial charge is 0.272 e. The summed E-state index contributed by atoms with van der Waals surface area (Å²) >= 11 is 0. The quantitative estimate of drug-likeness (QED) is 0.481. The predicted molar refractivity (Wildman–Crippen MR) is 60.6 cm³/mol. The highest BCUT2D eigenvalue weighted by Crippen LogP contribution is 2.03. The van der Waals surface area contributed by atoms with Crippen molar-refractivity contribution < 1.29 is 19.8 Å². The van der Waals surface area contributed by atoms with E-state index in [4.69, 9.17) is 15.9 Å². The average molecular weight is 254 g/mol. The summed E-state index contributed by atoms with van der Waals surface area (Å²) < 4.78 is 0. The molecule has 0 saturated heterocycles. The average Bonchev–Trinajstić information content (AvgIpc) is 2.38. The molecule has 0 bridgehead atoms. The number of hydrogen-bond acceptors (Lipinski definition) is 6. The third-order valence-electron chi connectivity index (χ3n) is 2.25. The van der Waals surface area contributed by atoms with Crippen molar-refractivity contribution in [1.29, 1.82) is 0 Å². The highest BCUT2D eigenvalue weighted by molar-refractivity contribution is 5.94. The number of nitrogens with two attached hydrogens (primary N) is 1. The van der Waals surface area contributed by atoms with Gasteiger partial charge in [0.15, 0.2) is 0 Å². The topological polar surface area (TPSA) is 138 Å². The summed E-state index contributed by atoms with van der Waals surface area (Å²) in [5, 5.41) is 20.5. The van der Waals surface area contributed by atoms with Crippen LogP contribution in [0.5, 0.6) is 0 Å². The molecule has 0 spiro atoms. The summed E-state index contributed by atoms with van der Waals surface area (Å²) in [6, 6.07) is 0. The van der Waals surface area contributed by atoms with Gasteiger partial charge >= 0.3 is 0 Å². The fraction of sp³-hybridized carbons (Fsp3) is 0.400. The number of nitrogens with one attached hydrogen (secondary N) is 1. The molecule has 0 radical (unpaired) electrons. The van der Waals surface area contributed by atoms with Crippen molar-refractivity contribution in [2.45, 2.75) is 12.5 Å². The van der Waals surface area contributed by atoms with Gasteiger partial charge in [0.25, 0.3) is 11.8 Å². The van der Waals surface area contributed by atoms with Crippen LogP contribution < -0.4 is 11.1 Å². The molecule has 0 fully saturated rings. The summed E-state index contributed by atoms with van der Waals surface area (Å²) in [6.07, 6.45) is 2.16. The van der Waals surface area contributed by atoms with Gasteiger partial charge in [-0.15, -0.1) is 0 Å². The minimum atomic E-state index is -1.15. The van der Waals surface area contributed by atoms with E-state index < -0.39 is 30.6 Å². The summed E-state index contributed by atoms with van der Waals surface area (Å²) in [5.74, 6) is -1.37. The summed E-state index contributed by atoms with van der Waals surface area (Å²) in [4.78, 5) is 29.8. The lowest BCUT2D eigenvalue weighted by atomic mass is 10.1. The molecule has 2 amide bonds. The van der Waals surface area contributed by atoms with Crippen molar-refractivity contribution in [2.75, 3.05) is 13.2 Å². The minimum absolute atomic E-state index is 0.0480. The Bertz CT molecular complexity index is 442. The van der Waals surface area contributed by atoms with Crippen LogP contribution in [0.15, 0.2) is 12.4 Å². The molecule has 1 rings (SSSR count). The fourth-order valence-corrected chi connectivity index (χ4v) is 1.04. The zero-order valence-electron chi connectivity index (χ0n) is 9.75. The van der Waals surface area contributed by atoms with Gasteiger partial charge in [0.2, 0.25) is 0 Å². The Hall–Kier alpha value is -2.06. The number of hydrogen-bond donors (Lipinski definition) is 4. The first-order valence-electron chi connectivity index (χ1n) is 5.08. The van der Waals surface area contributed by atoms with Gasteiger partial charge in [-0.2, -0.15) is 0 Å². The van der Waals surface area contributed by atoms with Crippen LogP contribution in [-0.2, 0) is 0 Å². The standard InChI is InChI=1S/C10H14N4O4/c1-10(4-15,5-16)14-9(18)7-3-12-6(2-13-7)8(11)17/h2-3,15-16H,4-5H2,1H3,(H2,11,17)(H,14,18). The first kappa shape index (κ1) is 14.0. The molecule has 0 saturated carbocycles. The molecule has 1 aromatic rings. The Morgan fingerprint density at radius 2 is 1.78 bits per heavy atom. The number of aromatic nitrogens is 2. The van der Waals surface area contributed by atoms with Crippen LogP contribution in [0.3, 0.4) is 0 Å². The predicted octanol–water partition coefficient (Wildman–Crippen LogP) is -1.95. The van der Waals surface area contributed by atoms with Gasteiger partial charge in [-0.1, -0.05) is 0 Å². The lowest BCUT2D eigenvalue weighted by Crippen LogP contribution is -2.51. The SMILES string of the molecule is CC(CO)(CO)NC(=O)c1cnc(C(N)=O)cn1. The van der Waals surface area contributed by atoms with E-state index in [1.807, 2.05) is 0 Å². The fourth-order valence-electron chi connectivity index (χ4n) is 1.04. The number of primary amides is 1. The molecule has 8 nitrogen and oxygen atoms in total. The summed E-state index contributed by atoms with van der Waals surface area (Å²) in [5.41, 5.74) is 3.72. The Balaban J connectivity index is 2.82. The number of rotatable bonds is 5. The highest BCUT2D eigenvalue weighted by atomic mass is 16.3. The second-order valence-electron chi connectivity index (χ2n) is 3.98. The zero-order valence-corrected chi connectivity index (χ0v) is 9.75. The Kier molecular flexibility index (Phi) is 4.29. The Morgan fingerprint density at radius 3 is 2.17 bits per heavy atom. The maximum absolute atomic E-state index is 11.7. The van der Waals surface area contributed by atoms with Crippen LogP contribution in [-0.4, -0.2) is 50.7 Å². The summed E-state index contributed by atoms with van der Waals surface area (Å²) in [6.45, 7) is 0.611. The molecule has 0 aromatic carbocycles. The van der Waals surface area contributed by atoms with Crippen LogP contribution in [0.4, 0.5) is 0 Å². The van der Waals surface area contributed by atoms with Crippen LogP contribution in [0.1, 0.15) is 27.9 Å². The van der Waals surface area contributed by atoms with Crippen LogP contribution >= 0.6 is 0 Å². The van der Waals surface area contributed by atoms with Gasteiger partial charge in [-0.25, -0.2) is 9.97 Å². The van der Waals surface area contributed by atoms with Crippen LogP contribution in [0.2, 0.25) is 0 Å². The maximum Gasteiger partial charge on any atom is 0.272 e. The molecule has 1 aromatic heterocycles. The number of carbonyl (C=O) groups is 2. The number of amides is 2. The van der Waals surface area contributed by atoms with E-state index in [1.165, 1.54) is 6.92 Å². The van der Waals surface area contributed by atoms with Gasteiger partial charge in [-0.05, 0) is 6.92 Å². The van der Waals surface area contributed by atoms with E-state index >= 15 is 0 Å². The van der Waals surface area contributed by atoms with E-state index in [9.17, 15) is 9.59 Å². The largest absolute Gasteiger partial charge is 0.394 e. The highest BCUT2D eigenvalue weighted by Gasteiger charge is 2.25. The molecule has 0 aliphatic rings. The van der Waals surface area contributed by atoms with E-state index in [0.717, 1.165) is 12.4 Å². The number of nitrogens with zero attached hydrogens (tertiary/aromatic N) is 2. The van der Waals surface area contributed by atoms with Crippen molar-refractivity contribution in [1.82, 2.24) is 15.3 Å². The third kappa shape index (κ3) is 3.22. The minimum Gasteiger partial charge on any atom is -0.394 e. The molecule has 5 N–H and O–H groups in total. The van der Waals surface area contributed by atoms with Crippen LogP contribution in [0, 0.1) is 0 Å².